The predicted octanol–water partition coefficient (Wildman–Crippen LogP) is 4.93. The average molecular weight is 1750 g/mol. The molecule has 17 aromatic rings. The summed E-state index contributed by atoms with van der Waals surface area (Å²) < 4.78 is 13.7. The lowest BCUT2D eigenvalue weighted by Gasteiger charge is -2.26. The van der Waals surface area contributed by atoms with Crippen LogP contribution in [0.1, 0.15) is 88.3 Å². The molecule has 5 aliphatic heterocycles. The largest absolute Gasteiger partial charge is 0.378 e. The molecule has 22 heterocycles. The highest BCUT2D eigenvalue weighted by atomic mass is 32.2. The summed E-state index contributed by atoms with van der Waals surface area (Å²) in [6.07, 6.45) is 31.4. The van der Waals surface area contributed by atoms with Gasteiger partial charge in [0.25, 0.3) is 22.2 Å². The SMILES string of the molecule is CC(=O)Cc1ncc(-c2ccc3ncc4c(=O)[nH]c(=O)n(C5CCNCC5)c4c3n2)cn1.CSc1ncc(-c2ccc3ncc4c(=O)[nH]c(=O)n(C5CCNCC5)c4c3n2)cn1.O=c1[nH]c(=O)n(C2CCNCC2)c2c1cnc1ccc(-c3cnc(-n4cccn4)nc3)nc12.O=c1[nH]c(=O)n(C2CCNCC2)c2c1cnc1ccc(-c3cnc(N4CCOCC4)nc3)nc12. The third kappa shape index (κ3) is 17.1. The molecule has 0 amide bonds. The molecular formula is C87H83N31O10S. The minimum Gasteiger partial charge on any atom is -0.378 e. The molecule has 0 bridgehead atoms. The van der Waals surface area contributed by atoms with Gasteiger partial charge in [-0.15, -0.1) is 0 Å². The number of carbonyl (C=O) groups excluding carboxylic acids is 1. The number of hydrogen-bond donors (Lipinski definition) is 8. The zero-order valence-electron chi connectivity index (χ0n) is 69.7. The first-order valence-corrected chi connectivity index (χ1v) is 43.5. The van der Waals surface area contributed by atoms with Crippen LogP contribution in [0.25, 0.3) is 139 Å². The maximum atomic E-state index is 12.9. The predicted molar refractivity (Wildman–Crippen MR) is 483 cm³/mol. The quantitative estimate of drug-likeness (QED) is 0.0431. The summed E-state index contributed by atoms with van der Waals surface area (Å²) >= 11 is 1.46. The third-order valence-electron chi connectivity index (χ3n) is 23.5. The van der Waals surface area contributed by atoms with Gasteiger partial charge in [0.2, 0.25) is 11.9 Å². The molecule has 0 unspecified atom stereocenters. The van der Waals surface area contributed by atoms with Gasteiger partial charge in [0.05, 0.1) is 108 Å². The highest BCUT2D eigenvalue weighted by molar-refractivity contribution is 7.98. The number of pyridine rings is 8. The first-order chi connectivity index (χ1) is 63.0. The van der Waals surface area contributed by atoms with Gasteiger partial charge in [0.1, 0.15) is 33.7 Å². The van der Waals surface area contributed by atoms with Crippen molar-refractivity contribution in [3.63, 3.8) is 0 Å². The molecule has 17 aromatic heterocycles. The van der Waals surface area contributed by atoms with Crippen molar-refractivity contribution in [2.24, 2.45) is 0 Å². The summed E-state index contributed by atoms with van der Waals surface area (Å²) in [7, 11) is 0. The third-order valence-corrected chi connectivity index (χ3v) is 24.1. The summed E-state index contributed by atoms with van der Waals surface area (Å²) in [5.74, 6) is 1.54. The van der Waals surface area contributed by atoms with Gasteiger partial charge in [0.15, 0.2) is 5.16 Å². The Morgan fingerprint density at radius 2 is 0.690 bits per heavy atom. The molecule has 0 aromatic carbocycles. The molecule has 0 aliphatic carbocycles. The van der Waals surface area contributed by atoms with Crippen molar-refractivity contribution in [2.75, 3.05) is 89.8 Å². The Balaban J connectivity index is 0.000000112. The Morgan fingerprint density at radius 1 is 0.388 bits per heavy atom. The van der Waals surface area contributed by atoms with E-state index in [1.807, 2.05) is 42.7 Å². The van der Waals surface area contributed by atoms with Crippen LogP contribution in [0.2, 0.25) is 0 Å². The molecule has 5 fully saturated rings. The van der Waals surface area contributed by atoms with Crippen molar-refractivity contribution in [3.8, 4) is 51.0 Å². The summed E-state index contributed by atoms with van der Waals surface area (Å²) in [6, 6.07) is 16.3. The normalized spacial score (nSPS) is 15.6. The Labute approximate surface area is 731 Å². The number of H-pyrrole nitrogens is 4. The number of hydrogen-bond acceptors (Lipinski definition) is 33. The Kier molecular flexibility index (Phi) is 23.8. The monoisotopic (exact) mass is 1750 g/mol. The van der Waals surface area contributed by atoms with E-state index in [1.165, 1.54) is 43.5 Å². The molecule has 652 valence electrons. The van der Waals surface area contributed by atoms with E-state index in [9.17, 15) is 43.2 Å². The van der Waals surface area contributed by atoms with Crippen molar-refractivity contribution in [2.45, 2.75) is 94.0 Å². The maximum absolute atomic E-state index is 12.9. The molecule has 5 saturated heterocycles. The molecule has 41 nitrogen and oxygen atoms in total. The first-order valence-electron chi connectivity index (χ1n) is 42.3. The maximum Gasteiger partial charge on any atom is 0.329 e. The number of morpholine rings is 1. The average Bonchev–Trinajstić information content (AvgIpc) is 0.914. The van der Waals surface area contributed by atoms with Gasteiger partial charge < -0.3 is 30.9 Å². The number of thioether (sulfide) groups is 1. The molecule has 42 heteroatoms. The fourth-order valence-electron chi connectivity index (χ4n) is 17.1. The van der Waals surface area contributed by atoms with Crippen molar-refractivity contribution in [3.05, 3.63) is 231 Å². The molecule has 0 radical (unpaired) electrons. The van der Waals surface area contributed by atoms with Crippen LogP contribution >= 0.6 is 11.8 Å². The van der Waals surface area contributed by atoms with Crippen LogP contribution in [0.5, 0.6) is 0 Å². The van der Waals surface area contributed by atoms with Gasteiger partial charge in [-0.05, 0) is 172 Å². The van der Waals surface area contributed by atoms with Crippen molar-refractivity contribution in [1.82, 2.24) is 149 Å². The lowest BCUT2D eigenvalue weighted by Crippen LogP contribution is -2.38. The van der Waals surface area contributed by atoms with Crippen molar-refractivity contribution < 1.29 is 9.53 Å². The highest BCUT2D eigenvalue weighted by Crippen LogP contribution is 2.34. The van der Waals surface area contributed by atoms with Crippen LogP contribution in [0.4, 0.5) is 5.95 Å². The molecule has 0 atom stereocenters. The number of Topliss-reactive ketones (excluding diaryl/α,β-unsaturated/α-hetero) is 1. The van der Waals surface area contributed by atoms with Crippen LogP contribution in [-0.2, 0) is 16.0 Å². The van der Waals surface area contributed by atoms with E-state index in [4.69, 9.17) is 24.7 Å². The fourth-order valence-corrected chi connectivity index (χ4v) is 17.5. The lowest BCUT2D eigenvalue weighted by atomic mass is 10.1. The van der Waals surface area contributed by atoms with Gasteiger partial charge in [-0.1, -0.05) is 11.8 Å². The summed E-state index contributed by atoms with van der Waals surface area (Å²) in [5.41, 5.74) is 8.39. The number of ketones is 1. The van der Waals surface area contributed by atoms with Gasteiger partial charge in [-0.2, -0.15) is 5.10 Å². The van der Waals surface area contributed by atoms with E-state index < -0.39 is 45.0 Å². The fraction of sp³-hybridized carbons (Fsp3) is 0.310. The van der Waals surface area contributed by atoms with E-state index in [2.05, 4.69) is 111 Å². The molecule has 5 aliphatic rings. The zero-order valence-corrected chi connectivity index (χ0v) is 70.5. The zero-order chi connectivity index (χ0) is 88.3. The van der Waals surface area contributed by atoms with Crippen LogP contribution in [0.15, 0.2) is 185 Å². The Bertz CT molecular complexity index is 7670. The van der Waals surface area contributed by atoms with Gasteiger partial charge >= 0.3 is 22.8 Å². The van der Waals surface area contributed by atoms with Gasteiger partial charge in [-0.3, -0.25) is 82.1 Å². The second-order valence-corrected chi connectivity index (χ2v) is 32.4. The number of aromatic amines is 4. The van der Waals surface area contributed by atoms with E-state index in [-0.39, 0.29) is 36.4 Å². The standard InChI is InChI=1S/C23H24N8O3.C22H19N9O2.C22H21N7O3.C20H19N7O2S/c32-21-16-13-25-18-2-1-17(14-11-26-22(27-12-14)30-7-9-34-10-8-30)28-19(18)20(16)31(23(33)29-21)15-3-5-24-6-4-15;32-20-15-12-24-17-3-2-16(13-10-25-21(26-11-13)30-9-1-6-27-30)28-18(17)19(15)31(22(33)29-20)14-4-7-23-8-5-14;1-12(30)8-18-25-9-13(10-26-18)16-2-3-17-19(27-16)20-15(11-24-17)21(31)28-22(32)29(20)14-4-6-23-7-5-14;1-30-19-23-8-11(9-24-19)14-2-3-15-16(25-14)17-13(10-22-15)18(28)26-20(29)27(17)12-4-6-21-7-5-12/h1-2,11-13,15,24H,3-10H2,(H,29,32,33);1-3,6,9-12,14,23H,4-5,7-8H2,(H,29,32,33);2-3,9-11,14,23H,4-8H2,1H3,(H,28,31,32);2-3,8-10,12,21H,4-7H2,1H3,(H,26,28,29). The van der Waals surface area contributed by atoms with Crippen molar-refractivity contribution >= 4 is 111 Å². The van der Waals surface area contributed by atoms with Crippen molar-refractivity contribution in [1.29, 1.82) is 0 Å². The number of piperidine rings is 4. The van der Waals surface area contributed by atoms with E-state index in [0.29, 0.717) is 158 Å². The van der Waals surface area contributed by atoms with E-state index in [0.717, 1.165) is 128 Å². The topological polar surface area (TPSA) is 521 Å². The second kappa shape index (κ2) is 36.6. The number of rotatable bonds is 13. The minimum atomic E-state index is -0.478. The number of nitrogens with zero attached hydrogens (tertiary/aromatic N) is 23. The minimum absolute atomic E-state index is 0.0137. The van der Waals surface area contributed by atoms with Crippen LogP contribution in [-0.4, -0.2) is 218 Å². The number of nitrogens with one attached hydrogen (secondary N) is 8. The molecule has 129 heavy (non-hydrogen) atoms. The summed E-state index contributed by atoms with van der Waals surface area (Å²) in [6.45, 7) is 10.8. The van der Waals surface area contributed by atoms with Crippen LogP contribution < -0.4 is 71.2 Å². The van der Waals surface area contributed by atoms with Gasteiger partial charge in [-0.25, -0.2) is 83.7 Å². The molecule has 0 saturated carbocycles. The molecule has 0 spiro atoms. The van der Waals surface area contributed by atoms with Gasteiger partial charge in [0, 0.05) is 146 Å². The number of anilines is 1. The summed E-state index contributed by atoms with van der Waals surface area (Å²) in [4.78, 5) is 197. The number of aromatic nitrogens is 26. The Hall–Kier alpha value is -14.9. The van der Waals surface area contributed by atoms with Crippen LogP contribution in [0.3, 0.4) is 0 Å². The first kappa shape index (κ1) is 83.7. The smallest absolute Gasteiger partial charge is 0.329 e. The number of carbonyl (C=O) groups is 1. The molecule has 22 rings (SSSR count). The van der Waals surface area contributed by atoms with Crippen LogP contribution in [0, 0.1) is 0 Å². The molecule has 8 N–H and O–H groups in total. The second-order valence-electron chi connectivity index (χ2n) is 31.6. The highest BCUT2D eigenvalue weighted by Gasteiger charge is 2.29. The molecular weight excluding hydrogens is 1670 g/mol. The Morgan fingerprint density at radius 3 is 0.984 bits per heavy atom. The van der Waals surface area contributed by atoms with E-state index >= 15 is 0 Å². The summed E-state index contributed by atoms with van der Waals surface area (Å²) in [5, 5.41) is 19.4. The number of ether oxygens (including phenoxy) is 1. The number of fused-ring (bicyclic) bond motifs is 12. The lowest BCUT2D eigenvalue weighted by molar-refractivity contribution is -0.116. The van der Waals surface area contributed by atoms with E-state index in [1.54, 1.807) is 103 Å².